The number of unbranched alkanes of at least 4 members (excludes halogenated alkanes) is 8. The molecule has 0 radical (unpaired) electrons. The van der Waals surface area contributed by atoms with Gasteiger partial charge in [0.2, 0.25) is 0 Å². The van der Waals surface area contributed by atoms with E-state index in [-0.39, 0.29) is 0 Å². The van der Waals surface area contributed by atoms with E-state index < -0.39 is 0 Å². The van der Waals surface area contributed by atoms with Crippen molar-refractivity contribution in [3.8, 4) is 0 Å². The maximum atomic E-state index is 6.80. The molecule has 0 aromatic rings. The summed E-state index contributed by atoms with van der Waals surface area (Å²) < 4.78 is 6.80. The van der Waals surface area contributed by atoms with Gasteiger partial charge >= 0.3 is 0 Å². The fourth-order valence-electron chi connectivity index (χ4n) is 12.6. The second kappa shape index (κ2) is 26.7. The molecular weight excluding hydrogens is 617 g/mol. The van der Waals surface area contributed by atoms with E-state index in [0.717, 1.165) is 72.4 Å². The van der Waals surface area contributed by atoms with E-state index >= 15 is 0 Å². The lowest BCUT2D eigenvalue weighted by molar-refractivity contribution is 0.0367. The molecule has 4 saturated carbocycles. The Morgan fingerprint density at radius 2 is 0.569 bits per heavy atom. The van der Waals surface area contributed by atoms with Crippen LogP contribution in [0.15, 0.2) is 0 Å². The predicted molar refractivity (Wildman–Crippen MR) is 225 cm³/mol. The third-order valence-corrected chi connectivity index (χ3v) is 16.0. The monoisotopic (exact) mass is 711 g/mol. The van der Waals surface area contributed by atoms with Crippen LogP contribution < -0.4 is 0 Å². The van der Waals surface area contributed by atoms with Crippen LogP contribution >= 0.6 is 0 Å². The topological polar surface area (TPSA) is 9.23 Å². The average molecular weight is 711 g/mol. The fourth-order valence-corrected chi connectivity index (χ4v) is 12.6. The second-order valence-electron chi connectivity index (χ2n) is 19.6. The van der Waals surface area contributed by atoms with Crippen LogP contribution in [-0.2, 0) is 4.74 Å². The zero-order valence-electron chi connectivity index (χ0n) is 35.6. The minimum absolute atomic E-state index is 0.944. The zero-order chi connectivity index (χ0) is 35.9. The molecule has 1 heteroatoms. The van der Waals surface area contributed by atoms with Crippen LogP contribution in [0.3, 0.4) is 0 Å². The van der Waals surface area contributed by atoms with Crippen LogP contribution in [0.1, 0.15) is 246 Å². The van der Waals surface area contributed by atoms with Gasteiger partial charge in [0.15, 0.2) is 0 Å². The highest BCUT2D eigenvalue weighted by atomic mass is 16.5. The van der Waals surface area contributed by atoms with Crippen LogP contribution in [0, 0.1) is 59.2 Å². The molecule has 0 N–H and O–H groups in total. The Hall–Kier alpha value is -0.0400. The molecule has 0 aromatic carbocycles. The zero-order valence-corrected chi connectivity index (χ0v) is 35.6. The molecule has 4 fully saturated rings. The van der Waals surface area contributed by atoms with Crippen LogP contribution in [0.4, 0.5) is 0 Å². The van der Waals surface area contributed by atoms with Gasteiger partial charge in [-0.15, -0.1) is 0 Å². The van der Waals surface area contributed by atoms with Crippen LogP contribution in [-0.4, -0.2) is 13.2 Å². The summed E-state index contributed by atoms with van der Waals surface area (Å²) in [7, 11) is 0. The van der Waals surface area contributed by atoms with Crippen molar-refractivity contribution in [2.75, 3.05) is 13.2 Å². The smallest absolute Gasteiger partial charge is 0.0468 e. The van der Waals surface area contributed by atoms with Gasteiger partial charge in [-0.25, -0.2) is 0 Å². The highest BCUT2D eigenvalue weighted by molar-refractivity contribution is 4.87. The van der Waals surface area contributed by atoms with E-state index in [1.54, 1.807) is 0 Å². The van der Waals surface area contributed by atoms with Crippen molar-refractivity contribution < 1.29 is 4.74 Å². The van der Waals surface area contributed by atoms with Crippen LogP contribution in [0.2, 0.25) is 0 Å². The largest absolute Gasteiger partial charge is 0.381 e. The Kier molecular flexibility index (Phi) is 22.9. The van der Waals surface area contributed by atoms with Gasteiger partial charge < -0.3 is 4.74 Å². The van der Waals surface area contributed by atoms with Crippen molar-refractivity contribution in [3.63, 3.8) is 0 Å². The first-order valence-corrected chi connectivity index (χ1v) is 24.7. The molecule has 0 atom stereocenters. The van der Waals surface area contributed by atoms with Crippen molar-refractivity contribution in [3.05, 3.63) is 0 Å². The molecule has 1 nitrogen and oxygen atoms in total. The van der Waals surface area contributed by atoms with Crippen molar-refractivity contribution in [1.29, 1.82) is 0 Å². The summed E-state index contributed by atoms with van der Waals surface area (Å²) in [4.78, 5) is 0. The summed E-state index contributed by atoms with van der Waals surface area (Å²) in [5.41, 5.74) is 0. The molecule has 4 aliphatic carbocycles. The first-order valence-electron chi connectivity index (χ1n) is 24.7. The lowest BCUT2D eigenvalue weighted by atomic mass is 9.65. The Labute approximate surface area is 322 Å². The second-order valence-corrected chi connectivity index (χ2v) is 19.6. The van der Waals surface area contributed by atoms with E-state index in [4.69, 9.17) is 4.74 Å². The molecule has 0 spiro atoms. The number of ether oxygens (including phenoxy) is 1. The summed E-state index contributed by atoms with van der Waals surface area (Å²) in [5, 5.41) is 0. The molecule has 0 amide bonds. The van der Waals surface area contributed by atoms with Crippen molar-refractivity contribution >= 4 is 0 Å². The van der Waals surface area contributed by atoms with Gasteiger partial charge in [0.25, 0.3) is 0 Å². The van der Waals surface area contributed by atoms with Crippen LogP contribution in [0.5, 0.6) is 0 Å². The third-order valence-electron chi connectivity index (χ3n) is 16.0. The summed E-state index contributed by atoms with van der Waals surface area (Å²) in [6, 6.07) is 0. The van der Waals surface area contributed by atoms with E-state index in [0.29, 0.717) is 0 Å². The van der Waals surface area contributed by atoms with Gasteiger partial charge in [-0.05, 0) is 123 Å². The molecular formula is C50H94O. The van der Waals surface area contributed by atoms with E-state index in [2.05, 4.69) is 27.7 Å². The number of rotatable bonds is 26. The Morgan fingerprint density at radius 1 is 0.333 bits per heavy atom. The fraction of sp³-hybridized carbons (Fsp3) is 1.00. The highest BCUT2D eigenvalue weighted by Gasteiger charge is 2.36. The Bertz CT molecular complexity index is 662. The lowest BCUT2D eigenvalue weighted by Gasteiger charge is -2.41. The quantitative estimate of drug-likeness (QED) is 0.0812. The summed E-state index contributed by atoms with van der Waals surface area (Å²) >= 11 is 0. The van der Waals surface area contributed by atoms with E-state index in [1.807, 2.05) is 0 Å². The Balaban J connectivity index is 1.27. The minimum atomic E-state index is 0.944. The van der Waals surface area contributed by atoms with Crippen molar-refractivity contribution in [2.45, 2.75) is 246 Å². The SMILES string of the molecule is CCCCCC1CCC(C(CCOCCC(C2CCC(CCCCC)CC2)C2CCC(CCCCC)CC2)C2CCC(CCCCC)CC2)CC1. The molecule has 4 aliphatic rings. The van der Waals surface area contributed by atoms with Crippen molar-refractivity contribution in [1.82, 2.24) is 0 Å². The predicted octanol–water partition coefficient (Wildman–Crippen LogP) is 16.6. The molecule has 4 rings (SSSR count). The number of hydrogen-bond acceptors (Lipinski definition) is 1. The molecule has 51 heavy (non-hydrogen) atoms. The maximum absolute atomic E-state index is 6.80. The van der Waals surface area contributed by atoms with Gasteiger partial charge in [-0.2, -0.15) is 0 Å². The first kappa shape index (κ1) is 43.7. The summed E-state index contributed by atoms with van der Waals surface area (Å²) in [6.45, 7) is 11.6. The lowest BCUT2D eigenvalue weighted by Crippen LogP contribution is -2.32. The minimum Gasteiger partial charge on any atom is -0.381 e. The number of hydrogen-bond donors (Lipinski definition) is 0. The Morgan fingerprint density at radius 3 is 0.784 bits per heavy atom. The van der Waals surface area contributed by atoms with Gasteiger partial charge in [0, 0.05) is 13.2 Å². The molecule has 0 heterocycles. The normalized spacial score (nSPS) is 31.8. The van der Waals surface area contributed by atoms with E-state index in [1.165, 1.54) is 218 Å². The average Bonchev–Trinajstić information content (AvgIpc) is 3.17. The van der Waals surface area contributed by atoms with Gasteiger partial charge in [0.05, 0.1) is 0 Å². The van der Waals surface area contributed by atoms with Crippen molar-refractivity contribution in [2.24, 2.45) is 59.2 Å². The summed E-state index contributed by atoms with van der Waals surface area (Å²) in [6.07, 6.45) is 50.5. The third kappa shape index (κ3) is 16.3. The van der Waals surface area contributed by atoms with Gasteiger partial charge in [0.1, 0.15) is 0 Å². The van der Waals surface area contributed by atoms with Gasteiger partial charge in [-0.3, -0.25) is 0 Å². The first-order chi connectivity index (χ1) is 25.1. The standard InChI is InChI=1S/C50H94O/c1-5-9-13-17-41-21-29-45(30-22-41)49(46-31-23-42(24-32-46)18-14-10-6-2)37-39-51-40-38-50(47-33-25-43(26-34-47)19-15-11-7-3)48-35-27-44(28-36-48)20-16-12-8-4/h41-50H,5-40H2,1-4H3. The molecule has 0 aliphatic heterocycles. The summed E-state index contributed by atoms with van der Waals surface area (Å²) in [5.74, 6) is 10.00. The van der Waals surface area contributed by atoms with E-state index in [9.17, 15) is 0 Å². The van der Waals surface area contributed by atoms with Crippen LogP contribution in [0.25, 0.3) is 0 Å². The van der Waals surface area contributed by atoms with Gasteiger partial charge in [-0.1, -0.05) is 182 Å². The molecule has 0 unspecified atom stereocenters. The molecule has 0 saturated heterocycles. The molecule has 300 valence electrons. The maximum Gasteiger partial charge on any atom is 0.0468 e. The molecule has 0 aromatic heterocycles. The highest BCUT2D eigenvalue weighted by Crippen LogP contribution is 2.47. The molecule has 0 bridgehead atoms.